The molecule has 0 heterocycles. The molecule has 1 rings (SSSR count). The number of rotatable bonds is 5. The summed E-state index contributed by atoms with van der Waals surface area (Å²) in [5.74, 6) is 0.765. The number of carbonyl (C=O) groups is 1. The molecule has 1 aromatic rings. The first-order valence-corrected chi connectivity index (χ1v) is 5.93. The van der Waals surface area contributed by atoms with E-state index in [2.05, 4.69) is 6.07 Å². The van der Waals surface area contributed by atoms with Gasteiger partial charge in [-0.05, 0) is 25.2 Å². The first-order chi connectivity index (χ1) is 8.97. The van der Waals surface area contributed by atoms with Gasteiger partial charge in [0, 0.05) is 26.2 Å². The van der Waals surface area contributed by atoms with Gasteiger partial charge in [0.15, 0.2) is 0 Å². The number of methoxy groups -OCH3 is 1. The number of hydrogen-bond donors (Lipinski definition) is 0. The van der Waals surface area contributed by atoms with E-state index in [0.29, 0.717) is 18.7 Å². The second-order valence-corrected chi connectivity index (χ2v) is 4.60. The average Bonchev–Trinajstić information content (AvgIpc) is 2.38. The molecule has 0 aromatic heterocycles. The van der Waals surface area contributed by atoms with Gasteiger partial charge < -0.3 is 9.64 Å². The maximum Gasteiger partial charge on any atom is 0.236 e. The Balaban J connectivity index is 2.80. The van der Waals surface area contributed by atoms with E-state index in [0.717, 1.165) is 11.3 Å². The van der Waals surface area contributed by atoms with Crippen LogP contribution in [0.3, 0.4) is 0 Å². The number of benzene rings is 1. The number of amides is 1. The third kappa shape index (κ3) is 4.27. The Morgan fingerprint density at radius 1 is 1.37 bits per heavy atom. The molecule has 5 nitrogen and oxygen atoms in total. The molecule has 0 radical (unpaired) electrons. The van der Waals surface area contributed by atoms with Gasteiger partial charge in [-0.1, -0.05) is 0 Å². The largest absolute Gasteiger partial charge is 0.496 e. The number of nitrogens with zero attached hydrogens (tertiary/aromatic N) is 3. The highest BCUT2D eigenvalue weighted by Gasteiger charge is 2.11. The lowest BCUT2D eigenvalue weighted by Crippen LogP contribution is -2.34. The van der Waals surface area contributed by atoms with Gasteiger partial charge in [-0.15, -0.1) is 0 Å². The Morgan fingerprint density at radius 2 is 2.05 bits per heavy atom. The van der Waals surface area contributed by atoms with Crippen LogP contribution >= 0.6 is 0 Å². The van der Waals surface area contributed by atoms with Crippen molar-refractivity contribution in [1.29, 1.82) is 5.26 Å². The van der Waals surface area contributed by atoms with Crippen LogP contribution in [0.25, 0.3) is 0 Å². The van der Waals surface area contributed by atoms with Crippen molar-refractivity contribution in [3.05, 3.63) is 29.3 Å². The second-order valence-electron chi connectivity index (χ2n) is 4.60. The van der Waals surface area contributed by atoms with Crippen molar-refractivity contribution in [2.45, 2.75) is 6.54 Å². The van der Waals surface area contributed by atoms with Gasteiger partial charge in [0.1, 0.15) is 5.75 Å². The Kier molecular flexibility index (Phi) is 5.34. The Hall–Kier alpha value is -2.06. The highest BCUT2D eigenvalue weighted by molar-refractivity contribution is 5.77. The maximum absolute atomic E-state index is 11.6. The summed E-state index contributed by atoms with van der Waals surface area (Å²) in [5.41, 5.74) is 1.48. The smallest absolute Gasteiger partial charge is 0.236 e. The minimum Gasteiger partial charge on any atom is -0.496 e. The second kappa shape index (κ2) is 6.76. The van der Waals surface area contributed by atoms with Crippen molar-refractivity contribution >= 4 is 5.91 Å². The topological polar surface area (TPSA) is 56.6 Å². The molecule has 0 aliphatic heterocycles. The highest BCUT2D eigenvalue weighted by Crippen LogP contribution is 2.20. The fraction of sp³-hybridized carbons (Fsp3) is 0.429. The molecule has 0 aliphatic rings. The molecule has 0 saturated heterocycles. The molecule has 0 saturated carbocycles. The Morgan fingerprint density at radius 3 is 2.58 bits per heavy atom. The number of ether oxygens (including phenoxy) is 1. The number of hydrogen-bond acceptors (Lipinski definition) is 4. The average molecular weight is 261 g/mol. The van der Waals surface area contributed by atoms with Gasteiger partial charge in [-0.25, -0.2) is 0 Å². The summed E-state index contributed by atoms with van der Waals surface area (Å²) in [6.07, 6.45) is 0. The molecule has 0 aliphatic carbocycles. The van der Waals surface area contributed by atoms with Crippen molar-refractivity contribution in [2.75, 3.05) is 34.8 Å². The van der Waals surface area contributed by atoms with Crippen LogP contribution in [0.5, 0.6) is 5.75 Å². The van der Waals surface area contributed by atoms with Gasteiger partial charge in [-0.2, -0.15) is 5.26 Å². The number of carbonyl (C=O) groups excluding carboxylic acids is 1. The quantitative estimate of drug-likeness (QED) is 0.796. The minimum absolute atomic E-state index is 0.0397. The zero-order chi connectivity index (χ0) is 14.4. The number of nitriles is 1. The van der Waals surface area contributed by atoms with Crippen LogP contribution in [0.1, 0.15) is 11.1 Å². The van der Waals surface area contributed by atoms with Crippen LogP contribution in [0, 0.1) is 11.3 Å². The molecule has 19 heavy (non-hydrogen) atoms. The lowest BCUT2D eigenvalue weighted by atomic mass is 10.1. The lowest BCUT2D eigenvalue weighted by Gasteiger charge is -2.20. The van der Waals surface area contributed by atoms with Crippen molar-refractivity contribution in [3.8, 4) is 11.8 Å². The molecule has 0 spiro atoms. The van der Waals surface area contributed by atoms with E-state index in [1.807, 2.05) is 11.9 Å². The zero-order valence-electron chi connectivity index (χ0n) is 11.8. The molecule has 0 fully saturated rings. The van der Waals surface area contributed by atoms with E-state index in [1.54, 1.807) is 44.3 Å². The molecule has 0 bridgehead atoms. The zero-order valence-corrected chi connectivity index (χ0v) is 11.8. The summed E-state index contributed by atoms with van der Waals surface area (Å²) in [5, 5.41) is 8.91. The molecule has 1 amide bonds. The first kappa shape index (κ1) is 15.0. The summed E-state index contributed by atoms with van der Waals surface area (Å²) in [4.78, 5) is 15.1. The van der Waals surface area contributed by atoms with Gasteiger partial charge >= 0.3 is 0 Å². The molecule has 0 N–H and O–H groups in total. The normalized spacial score (nSPS) is 10.1. The van der Waals surface area contributed by atoms with Crippen molar-refractivity contribution in [2.24, 2.45) is 0 Å². The SMILES string of the molecule is COc1ccc(C#N)cc1CN(C)CC(=O)N(C)C. The summed E-state index contributed by atoms with van der Waals surface area (Å²) in [6.45, 7) is 0.880. The summed E-state index contributed by atoms with van der Waals surface area (Å²) >= 11 is 0. The van der Waals surface area contributed by atoms with Crippen LogP contribution in [0.15, 0.2) is 18.2 Å². The molecule has 102 valence electrons. The van der Waals surface area contributed by atoms with E-state index in [9.17, 15) is 4.79 Å². The van der Waals surface area contributed by atoms with Crippen molar-refractivity contribution in [1.82, 2.24) is 9.80 Å². The predicted octanol–water partition coefficient (Wildman–Crippen LogP) is 1.09. The minimum atomic E-state index is 0.0397. The monoisotopic (exact) mass is 261 g/mol. The van der Waals surface area contributed by atoms with E-state index in [4.69, 9.17) is 10.00 Å². The lowest BCUT2D eigenvalue weighted by molar-refractivity contribution is -0.129. The van der Waals surface area contributed by atoms with Crippen LogP contribution in [-0.4, -0.2) is 50.5 Å². The predicted molar refractivity (Wildman–Crippen MR) is 72.7 cm³/mol. The van der Waals surface area contributed by atoms with Crippen molar-refractivity contribution < 1.29 is 9.53 Å². The molecule has 1 aromatic carbocycles. The van der Waals surface area contributed by atoms with Crippen LogP contribution < -0.4 is 4.74 Å². The molecular formula is C14H19N3O2. The highest BCUT2D eigenvalue weighted by atomic mass is 16.5. The van der Waals surface area contributed by atoms with E-state index >= 15 is 0 Å². The van der Waals surface area contributed by atoms with Crippen LogP contribution in [-0.2, 0) is 11.3 Å². The van der Waals surface area contributed by atoms with E-state index < -0.39 is 0 Å². The Labute approximate surface area is 114 Å². The summed E-state index contributed by atoms with van der Waals surface area (Å²) in [7, 11) is 6.91. The Bertz CT molecular complexity index is 492. The molecule has 0 atom stereocenters. The maximum atomic E-state index is 11.6. The fourth-order valence-corrected chi connectivity index (χ4v) is 1.69. The van der Waals surface area contributed by atoms with Crippen molar-refractivity contribution in [3.63, 3.8) is 0 Å². The summed E-state index contributed by atoms with van der Waals surface area (Å²) < 4.78 is 5.27. The van der Waals surface area contributed by atoms with Crippen LogP contribution in [0.4, 0.5) is 0 Å². The number of likely N-dealkylation sites (N-methyl/N-ethyl adjacent to an activating group) is 2. The third-order valence-corrected chi connectivity index (χ3v) is 2.75. The molecule has 5 heteroatoms. The standard InChI is InChI=1S/C14H19N3O2/c1-16(2)14(18)10-17(3)9-12-7-11(8-15)5-6-13(12)19-4/h5-7H,9-10H2,1-4H3. The summed E-state index contributed by atoms with van der Waals surface area (Å²) in [6, 6.07) is 7.38. The molecular weight excluding hydrogens is 242 g/mol. The van der Waals surface area contributed by atoms with E-state index in [1.165, 1.54) is 0 Å². The van der Waals surface area contributed by atoms with E-state index in [-0.39, 0.29) is 5.91 Å². The van der Waals surface area contributed by atoms with Gasteiger partial charge in [0.25, 0.3) is 0 Å². The molecule has 0 unspecified atom stereocenters. The first-order valence-electron chi connectivity index (χ1n) is 5.93. The van der Waals surface area contributed by atoms with Crippen LogP contribution in [0.2, 0.25) is 0 Å². The van der Waals surface area contributed by atoms with Gasteiger partial charge in [0.05, 0.1) is 25.3 Å². The fourth-order valence-electron chi connectivity index (χ4n) is 1.69. The van der Waals surface area contributed by atoms with Gasteiger partial charge in [-0.3, -0.25) is 9.69 Å². The van der Waals surface area contributed by atoms with Gasteiger partial charge in [0.2, 0.25) is 5.91 Å². The third-order valence-electron chi connectivity index (χ3n) is 2.75.